The van der Waals surface area contributed by atoms with Gasteiger partial charge in [-0.3, -0.25) is 14.2 Å². The third-order valence-electron chi connectivity index (χ3n) is 4.71. The lowest BCUT2D eigenvalue weighted by Gasteiger charge is -2.34. The monoisotopic (exact) mass is 400 g/mol. The molecule has 2 unspecified atom stereocenters. The van der Waals surface area contributed by atoms with Gasteiger partial charge in [0.15, 0.2) is 0 Å². The number of carbonyl (C=O) groups is 2. The van der Waals surface area contributed by atoms with Crippen molar-refractivity contribution in [2.45, 2.75) is 55.8 Å². The normalized spacial score (nSPS) is 33.6. The average molecular weight is 400 g/mol. The number of hydrogen-bond acceptors (Lipinski definition) is 7. The standard InChI is InChI=1S/C12H18F2N4O7S/c13-12(14)4-7(10(19)16-24-8-3-1-2-6(8)15)17-5-9(12)18(11(17)20)25-26(21,22)23/h6-9H,1-5,15H2,(H,16,19)(H,21,22,23)/t6?,7-,8?,9-/m0/s1. The lowest BCUT2D eigenvalue weighted by atomic mass is 9.96. The highest BCUT2D eigenvalue weighted by Gasteiger charge is 2.62. The summed E-state index contributed by atoms with van der Waals surface area (Å²) in [5.74, 6) is -4.61. The molecular formula is C12H18F2N4O7S. The summed E-state index contributed by atoms with van der Waals surface area (Å²) in [7, 11) is -5.19. The molecule has 4 N–H and O–H groups in total. The minimum Gasteiger partial charge on any atom is -0.325 e. The molecule has 0 spiro atoms. The first kappa shape index (κ1) is 19.2. The number of piperidine rings is 1. The Labute approximate surface area is 147 Å². The van der Waals surface area contributed by atoms with Crippen LogP contribution in [0, 0.1) is 0 Å². The Bertz CT molecular complexity index is 706. The van der Waals surface area contributed by atoms with Gasteiger partial charge in [0.05, 0.1) is 6.54 Å². The van der Waals surface area contributed by atoms with Crippen LogP contribution in [0.5, 0.6) is 0 Å². The van der Waals surface area contributed by atoms with Crippen LogP contribution in [0.4, 0.5) is 13.6 Å². The fourth-order valence-electron chi connectivity index (χ4n) is 3.39. The average Bonchev–Trinajstić information content (AvgIpc) is 3.04. The number of nitrogens with two attached hydrogens (primary N) is 1. The first-order valence-corrected chi connectivity index (χ1v) is 9.22. The lowest BCUT2D eigenvalue weighted by Crippen LogP contribution is -2.57. The molecule has 0 aromatic carbocycles. The summed E-state index contributed by atoms with van der Waals surface area (Å²) in [6.07, 6.45) is 0.599. The smallest absolute Gasteiger partial charge is 0.325 e. The third-order valence-corrected chi connectivity index (χ3v) is 5.06. The van der Waals surface area contributed by atoms with Crippen molar-refractivity contribution in [1.29, 1.82) is 0 Å². The van der Waals surface area contributed by atoms with Crippen molar-refractivity contribution in [3.63, 3.8) is 0 Å². The van der Waals surface area contributed by atoms with Gasteiger partial charge in [-0.1, -0.05) is 0 Å². The van der Waals surface area contributed by atoms with E-state index in [1.165, 1.54) is 0 Å². The summed E-state index contributed by atoms with van der Waals surface area (Å²) in [6.45, 7) is -0.650. The van der Waals surface area contributed by atoms with E-state index in [9.17, 15) is 26.8 Å². The number of fused-ring (bicyclic) bond motifs is 2. The van der Waals surface area contributed by atoms with Crippen molar-refractivity contribution in [2.75, 3.05) is 6.54 Å². The molecule has 3 amide bonds. The van der Waals surface area contributed by atoms with Gasteiger partial charge >= 0.3 is 16.4 Å². The summed E-state index contributed by atoms with van der Waals surface area (Å²) in [6, 6.07) is -5.12. The number of nitrogens with zero attached hydrogens (tertiary/aromatic N) is 2. The molecule has 2 saturated heterocycles. The number of rotatable bonds is 5. The van der Waals surface area contributed by atoms with Gasteiger partial charge in [-0.15, -0.1) is 4.28 Å². The zero-order valence-corrected chi connectivity index (χ0v) is 14.2. The van der Waals surface area contributed by atoms with E-state index >= 15 is 0 Å². The molecule has 0 aromatic rings. The van der Waals surface area contributed by atoms with E-state index < -0.39 is 59.4 Å². The third kappa shape index (κ3) is 3.59. The predicted molar refractivity (Wildman–Crippen MR) is 78.6 cm³/mol. The highest BCUT2D eigenvalue weighted by molar-refractivity contribution is 7.80. The van der Waals surface area contributed by atoms with E-state index in [-0.39, 0.29) is 11.1 Å². The predicted octanol–water partition coefficient (Wildman–Crippen LogP) is -0.838. The number of carbonyl (C=O) groups excluding carboxylic acids is 2. The highest BCUT2D eigenvalue weighted by Crippen LogP contribution is 2.41. The lowest BCUT2D eigenvalue weighted by molar-refractivity contribution is -0.161. The van der Waals surface area contributed by atoms with E-state index in [1.54, 1.807) is 0 Å². The van der Waals surface area contributed by atoms with E-state index in [1.807, 2.05) is 0 Å². The van der Waals surface area contributed by atoms with Gasteiger partial charge in [-0.05, 0) is 19.3 Å². The fraction of sp³-hybridized carbons (Fsp3) is 0.833. The Kier molecular flexibility index (Phi) is 4.81. The molecule has 0 radical (unpaired) electrons. The van der Waals surface area contributed by atoms with Crippen LogP contribution >= 0.6 is 0 Å². The summed E-state index contributed by atoms with van der Waals surface area (Å²) in [5, 5.41) is -0.129. The number of amides is 3. The second-order valence-corrected chi connectivity index (χ2v) is 7.48. The Morgan fingerprint density at radius 3 is 2.65 bits per heavy atom. The van der Waals surface area contributed by atoms with Crippen molar-refractivity contribution >= 4 is 22.3 Å². The highest BCUT2D eigenvalue weighted by atomic mass is 32.3. The maximum atomic E-state index is 14.3. The van der Waals surface area contributed by atoms with Crippen LogP contribution in [0.2, 0.25) is 0 Å². The maximum absolute atomic E-state index is 14.3. The molecule has 0 aromatic heterocycles. The molecule has 1 aliphatic carbocycles. The first-order chi connectivity index (χ1) is 12.0. The Hall–Kier alpha value is -1.61. The Morgan fingerprint density at radius 1 is 1.38 bits per heavy atom. The molecule has 3 aliphatic rings. The zero-order chi connectivity index (χ0) is 19.3. The van der Waals surface area contributed by atoms with E-state index in [0.29, 0.717) is 12.8 Å². The van der Waals surface area contributed by atoms with Gasteiger partial charge in [0.1, 0.15) is 18.2 Å². The fourth-order valence-corrected chi connectivity index (χ4v) is 3.76. The van der Waals surface area contributed by atoms with E-state index in [4.69, 9.17) is 15.1 Å². The molecule has 14 heteroatoms. The van der Waals surface area contributed by atoms with Gasteiger partial charge in [0.25, 0.3) is 11.8 Å². The van der Waals surface area contributed by atoms with Crippen molar-refractivity contribution < 1.29 is 40.5 Å². The summed E-state index contributed by atoms with van der Waals surface area (Å²) in [4.78, 5) is 30.3. The second-order valence-electron chi connectivity index (χ2n) is 6.48. The summed E-state index contributed by atoms with van der Waals surface area (Å²) in [5.41, 5.74) is 7.84. The molecule has 3 rings (SSSR count). The molecule has 148 valence electrons. The Balaban J connectivity index is 1.71. The van der Waals surface area contributed by atoms with Crippen LogP contribution in [0.1, 0.15) is 25.7 Å². The maximum Gasteiger partial charge on any atom is 0.418 e. The van der Waals surface area contributed by atoms with Crippen LogP contribution in [0.25, 0.3) is 0 Å². The number of hydroxylamine groups is 3. The number of urea groups is 1. The van der Waals surface area contributed by atoms with Gasteiger partial charge in [0, 0.05) is 12.5 Å². The zero-order valence-electron chi connectivity index (χ0n) is 13.4. The molecule has 11 nitrogen and oxygen atoms in total. The van der Waals surface area contributed by atoms with Crippen LogP contribution in [0.15, 0.2) is 0 Å². The minimum absolute atomic E-state index is 0.129. The number of nitrogens with one attached hydrogen (secondary N) is 1. The van der Waals surface area contributed by atoms with Crippen molar-refractivity contribution in [2.24, 2.45) is 5.73 Å². The quantitative estimate of drug-likeness (QED) is 0.399. The van der Waals surface area contributed by atoms with Gasteiger partial charge in [0.2, 0.25) is 0 Å². The Morgan fingerprint density at radius 2 is 2.08 bits per heavy atom. The number of halogens is 2. The van der Waals surface area contributed by atoms with Crippen LogP contribution in [-0.2, 0) is 24.3 Å². The summed E-state index contributed by atoms with van der Waals surface area (Å²) >= 11 is 0. The molecule has 4 atom stereocenters. The van der Waals surface area contributed by atoms with E-state index in [0.717, 1.165) is 11.3 Å². The molecule has 2 bridgehead atoms. The van der Waals surface area contributed by atoms with E-state index in [2.05, 4.69) is 9.76 Å². The molecular weight excluding hydrogens is 382 g/mol. The number of hydrogen-bond donors (Lipinski definition) is 3. The van der Waals surface area contributed by atoms with Crippen LogP contribution < -0.4 is 11.2 Å². The van der Waals surface area contributed by atoms with Crippen LogP contribution in [-0.4, -0.2) is 71.6 Å². The first-order valence-electron chi connectivity index (χ1n) is 7.85. The minimum atomic E-state index is -5.19. The largest absolute Gasteiger partial charge is 0.418 e. The SMILES string of the molecule is NC1CCCC1ONC(=O)[C@@H]1CC(F)(F)[C@@H]2CN1C(=O)N2OS(=O)(=O)O. The molecule has 2 aliphatic heterocycles. The molecule has 3 fully saturated rings. The topological polar surface area (TPSA) is 151 Å². The van der Waals surface area contributed by atoms with Gasteiger partial charge in [-0.25, -0.2) is 19.1 Å². The molecule has 2 heterocycles. The summed E-state index contributed by atoms with van der Waals surface area (Å²) < 4.78 is 62.8. The van der Waals surface area contributed by atoms with Gasteiger partial charge in [-0.2, -0.15) is 13.5 Å². The second kappa shape index (κ2) is 6.53. The van der Waals surface area contributed by atoms with Crippen molar-refractivity contribution in [3.8, 4) is 0 Å². The van der Waals surface area contributed by atoms with Crippen molar-refractivity contribution in [1.82, 2.24) is 15.4 Å². The van der Waals surface area contributed by atoms with Crippen molar-refractivity contribution in [3.05, 3.63) is 0 Å². The molecule has 26 heavy (non-hydrogen) atoms. The van der Waals surface area contributed by atoms with Gasteiger partial charge < -0.3 is 10.6 Å². The van der Waals surface area contributed by atoms with Crippen LogP contribution in [0.3, 0.4) is 0 Å². The number of alkyl halides is 2. The molecule has 1 saturated carbocycles.